The lowest BCUT2D eigenvalue weighted by molar-refractivity contribution is -0.143. The van der Waals surface area contributed by atoms with Crippen LogP contribution < -0.4 is 0 Å². The quantitative estimate of drug-likeness (QED) is 0.769. The summed E-state index contributed by atoms with van der Waals surface area (Å²) in [7, 11) is 0. The maximum Gasteiger partial charge on any atom is 0.320 e. The first-order valence-corrected chi connectivity index (χ1v) is 7.47. The number of piperidine rings is 1. The summed E-state index contributed by atoms with van der Waals surface area (Å²) in [5, 5.41) is 18.3. The van der Waals surface area contributed by atoms with E-state index in [9.17, 15) is 14.7 Å². The largest absolute Gasteiger partial charge is 0.481 e. The van der Waals surface area contributed by atoms with Gasteiger partial charge in [-0.05, 0) is 26.7 Å². The molecule has 120 valence electrons. The molecule has 21 heavy (non-hydrogen) atoms. The van der Waals surface area contributed by atoms with Crippen molar-refractivity contribution >= 4 is 12.0 Å². The fourth-order valence-corrected chi connectivity index (χ4v) is 3.16. The maximum atomic E-state index is 12.6. The fourth-order valence-electron chi connectivity index (χ4n) is 3.16. The van der Waals surface area contributed by atoms with Crippen LogP contribution in [0, 0.1) is 5.92 Å². The molecule has 0 bridgehead atoms. The van der Waals surface area contributed by atoms with Crippen molar-refractivity contribution in [1.82, 2.24) is 9.80 Å². The Labute approximate surface area is 124 Å². The second-order valence-electron chi connectivity index (χ2n) is 6.04. The van der Waals surface area contributed by atoms with Gasteiger partial charge in [0.25, 0.3) is 0 Å². The molecule has 0 aromatic heterocycles. The summed E-state index contributed by atoms with van der Waals surface area (Å²) in [6, 6.07) is -0.169. The van der Waals surface area contributed by atoms with Gasteiger partial charge in [0.1, 0.15) is 0 Å². The van der Waals surface area contributed by atoms with E-state index in [2.05, 4.69) is 0 Å². The van der Waals surface area contributed by atoms with Crippen molar-refractivity contribution in [3.63, 3.8) is 0 Å². The minimum absolute atomic E-state index is 0.0834. The molecule has 2 saturated heterocycles. The van der Waals surface area contributed by atoms with Gasteiger partial charge in [0.2, 0.25) is 0 Å². The SMILES string of the molecule is CC1CN(C(=O)N2CCC(C(=O)O)CC2C)CC(CO)O1. The van der Waals surface area contributed by atoms with Crippen molar-refractivity contribution in [3.8, 4) is 0 Å². The number of hydrogen-bond acceptors (Lipinski definition) is 4. The lowest BCUT2D eigenvalue weighted by atomic mass is 9.92. The Morgan fingerprint density at radius 2 is 2.00 bits per heavy atom. The zero-order valence-corrected chi connectivity index (χ0v) is 12.6. The van der Waals surface area contributed by atoms with Crippen molar-refractivity contribution < 1.29 is 24.5 Å². The number of amides is 2. The van der Waals surface area contributed by atoms with Gasteiger partial charge in [-0.25, -0.2) is 4.79 Å². The van der Waals surface area contributed by atoms with E-state index in [1.165, 1.54) is 0 Å². The highest BCUT2D eigenvalue weighted by Crippen LogP contribution is 2.25. The Kier molecular flexibility index (Phi) is 5.05. The smallest absolute Gasteiger partial charge is 0.320 e. The summed E-state index contributed by atoms with van der Waals surface area (Å²) in [4.78, 5) is 27.1. The van der Waals surface area contributed by atoms with E-state index in [0.717, 1.165) is 0 Å². The van der Waals surface area contributed by atoms with Gasteiger partial charge >= 0.3 is 12.0 Å². The number of urea groups is 1. The molecule has 4 atom stereocenters. The third-order valence-corrected chi connectivity index (χ3v) is 4.27. The van der Waals surface area contributed by atoms with E-state index in [4.69, 9.17) is 9.84 Å². The number of nitrogens with zero attached hydrogens (tertiary/aromatic N) is 2. The number of carboxylic acid groups (broad SMARTS) is 1. The average Bonchev–Trinajstić information content (AvgIpc) is 2.45. The van der Waals surface area contributed by atoms with Crippen LogP contribution in [0.25, 0.3) is 0 Å². The molecule has 7 heteroatoms. The lowest BCUT2D eigenvalue weighted by Crippen LogP contribution is -2.57. The van der Waals surface area contributed by atoms with Crippen LogP contribution in [0.3, 0.4) is 0 Å². The zero-order valence-electron chi connectivity index (χ0n) is 12.6. The van der Waals surface area contributed by atoms with E-state index in [0.29, 0.717) is 32.5 Å². The predicted octanol–water partition coefficient (Wildman–Crippen LogP) is 0.373. The molecule has 0 aliphatic carbocycles. The molecule has 2 fully saturated rings. The molecule has 4 unspecified atom stereocenters. The highest BCUT2D eigenvalue weighted by atomic mass is 16.5. The Morgan fingerprint density at radius 3 is 2.57 bits per heavy atom. The Hall–Kier alpha value is -1.34. The van der Waals surface area contributed by atoms with E-state index in [-0.39, 0.29) is 36.8 Å². The van der Waals surface area contributed by atoms with Crippen LogP contribution in [-0.2, 0) is 9.53 Å². The lowest BCUT2D eigenvalue weighted by Gasteiger charge is -2.42. The van der Waals surface area contributed by atoms with Crippen LogP contribution in [-0.4, -0.2) is 76.5 Å². The molecule has 2 rings (SSSR count). The first-order chi connectivity index (χ1) is 9.92. The third kappa shape index (κ3) is 3.65. The molecule has 0 radical (unpaired) electrons. The number of hydrogen-bond donors (Lipinski definition) is 2. The van der Waals surface area contributed by atoms with E-state index in [1.807, 2.05) is 13.8 Å². The first kappa shape index (κ1) is 16.0. The minimum Gasteiger partial charge on any atom is -0.481 e. The van der Waals surface area contributed by atoms with Gasteiger partial charge in [-0.3, -0.25) is 4.79 Å². The molecule has 0 aromatic carbocycles. The highest BCUT2D eigenvalue weighted by molar-refractivity contribution is 5.76. The van der Waals surface area contributed by atoms with Crippen LogP contribution in [0.15, 0.2) is 0 Å². The number of carbonyl (C=O) groups is 2. The molecule has 2 aliphatic rings. The zero-order chi connectivity index (χ0) is 15.6. The Bertz CT molecular complexity index is 403. The van der Waals surface area contributed by atoms with Crippen molar-refractivity contribution in [1.29, 1.82) is 0 Å². The number of aliphatic hydroxyl groups is 1. The molecule has 2 amide bonds. The summed E-state index contributed by atoms with van der Waals surface area (Å²) >= 11 is 0. The van der Waals surface area contributed by atoms with Crippen molar-refractivity contribution in [2.45, 2.75) is 44.9 Å². The monoisotopic (exact) mass is 300 g/mol. The fraction of sp³-hybridized carbons (Fsp3) is 0.857. The summed E-state index contributed by atoms with van der Waals surface area (Å²) in [6.45, 7) is 5.01. The molecule has 2 N–H and O–H groups in total. The van der Waals surface area contributed by atoms with Crippen molar-refractivity contribution in [3.05, 3.63) is 0 Å². The maximum absolute atomic E-state index is 12.6. The molecule has 0 saturated carbocycles. The number of aliphatic carboxylic acids is 1. The van der Waals surface area contributed by atoms with Crippen LogP contribution in [0.5, 0.6) is 0 Å². The molecular weight excluding hydrogens is 276 g/mol. The predicted molar refractivity (Wildman–Crippen MR) is 74.9 cm³/mol. The van der Waals surface area contributed by atoms with Crippen LogP contribution >= 0.6 is 0 Å². The van der Waals surface area contributed by atoms with E-state index >= 15 is 0 Å². The van der Waals surface area contributed by atoms with Crippen LogP contribution in [0.2, 0.25) is 0 Å². The third-order valence-electron chi connectivity index (χ3n) is 4.27. The summed E-state index contributed by atoms with van der Waals surface area (Å²) in [5.74, 6) is -1.15. The number of aliphatic hydroxyl groups excluding tert-OH is 1. The van der Waals surface area contributed by atoms with Crippen molar-refractivity contribution in [2.75, 3.05) is 26.2 Å². The number of carboxylic acids is 1. The van der Waals surface area contributed by atoms with E-state index in [1.54, 1.807) is 9.80 Å². The van der Waals surface area contributed by atoms with Gasteiger partial charge in [0.05, 0.1) is 31.3 Å². The van der Waals surface area contributed by atoms with Crippen LogP contribution in [0.1, 0.15) is 26.7 Å². The van der Waals surface area contributed by atoms with Crippen LogP contribution in [0.4, 0.5) is 4.79 Å². The van der Waals surface area contributed by atoms with E-state index < -0.39 is 5.97 Å². The second kappa shape index (κ2) is 6.62. The number of rotatable bonds is 2. The molecule has 2 aliphatic heterocycles. The number of ether oxygens (including phenoxy) is 1. The number of carbonyl (C=O) groups excluding carboxylic acids is 1. The topological polar surface area (TPSA) is 90.3 Å². The van der Waals surface area contributed by atoms with Gasteiger partial charge in [0.15, 0.2) is 0 Å². The summed E-state index contributed by atoms with van der Waals surface area (Å²) in [5.41, 5.74) is 0. The summed E-state index contributed by atoms with van der Waals surface area (Å²) in [6.07, 6.45) is 0.537. The van der Waals surface area contributed by atoms with Gasteiger partial charge in [-0.1, -0.05) is 0 Å². The minimum atomic E-state index is -0.783. The Balaban J connectivity index is 1.98. The van der Waals surface area contributed by atoms with Gasteiger partial charge in [-0.15, -0.1) is 0 Å². The highest BCUT2D eigenvalue weighted by Gasteiger charge is 2.36. The second-order valence-corrected chi connectivity index (χ2v) is 6.04. The molecule has 2 heterocycles. The molecule has 0 aromatic rings. The van der Waals surface area contributed by atoms with Gasteiger partial charge < -0.3 is 24.7 Å². The first-order valence-electron chi connectivity index (χ1n) is 7.47. The van der Waals surface area contributed by atoms with Gasteiger partial charge in [0, 0.05) is 19.1 Å². The van der Waals surface area contributed by atoms with Gasteiger partial charge in [-0.2, -0.15) is 0 Å². The molecule has 0 spiro atoms. The normalized spacial score (nSPS) is 33.9. The number of morpholine rings is 1. The average molecular weight is 300 g/mol. The molecular formula is C14H24N2O5. The number of likely N-dealkylation sites (tertiary alicyclic amines) is 1. The Morgan fingerprint density at radius 1 is 1.29 bits per heavy atom. The van der Waals surface area contributed by atoms with Crippen molar-refractivity contribution in [2.24, 2.45) is 5.92 Å². The summed E-state index contributed by atoms with van der Waals surface area (Å²) < 4.78 is 5.54. The molecule has 7 nitrogen and oxygen atoms in total. The standard InChI is InChI=1S/C14H24N2O5/c1-9-5-11(13(18)19)3-4-16(9)14(20)15-6-10(2)21-12(7-15)8-17/h9-12,17H,3-8H2,1-2H3,(H,18,19).